The number of hydrogen-bond acceptors (Lipinski definition) is 7. The van der Waals surface area contributed by atoms with E-state index in [1.54, 1.807) is 57.7 Å². The van der Waals surface area contributed by atoms with Gasteiger partial charge in [-0.05, 0) is 74.6 Å². The maximum Gasteiger partial charge on any atom is 0.267 e. The third-order valence-corrected chi connectivity index (χ3v) is 8.83. The van der Waals surface area contributed by atoms with Crippen LogP contribution in [-0.4, -0.2) is 27.4 Å². The van der Waals surface area contributed by atoms with E-state index in [4.69, 9.17) is 16.6 Å². The fourth-order valence-corrected chi connectivity index (χ4v) is 6.94. The summed E-state index contributed by atoms with van der Waals surface area (Å²) in [6.07, 6.45) is 5.75. The molecule has 0 bridgehead atoms. The Kier molecular flexibility index (Phi) is 6.87. The first-order valence-electron chi connectivity index (χ1n) is 10.8. The smallest absolute Gasteiger partial charge is 0.267 e. The third kappa shape index (κ3) is 4.84. The van der Waals surface area contributed by atoms with E-state index < -0.39 is 0 Å². The number of amides is 1. The highest BCUT2D eigenvalue weighted by Gasteiger charge is 2.23. The third-order valence-electron chi connectivity index (χ3n) is 5.52. The van der Waals surface area contributed by atoms with Crippen molar-refractivity contribution in [3.63, 3.8) is 0 Å². The van der Waals surface area contributed by atoms with Gasteiger partial charge in [0.05, 0.1) is 23.0 Å². The quantitative estimate of drug-likeness (QED) is 0.153. The van der Waals surface area contributed by atoms with E-state index in [0.29, 0.717) is 21.3 Å². The molecular formula is C24H21ClN4O2S3. The number of carbonyl (C=O) groups is 1. The van der Waals surface area contributed by atoms with Crippen LogP contribution in [0.15, 0.2) is 51.5 Å². The molecule has 0 unspecified atom stereocenters. The molecule has 0 saturated heterocycles. The first-order chi connectivity index (χ1) is 16.5. The van der Waals surface area contributed by atoms with Crippen LogP contribution in [0.3, 0.4) is 0 Å². The summed E-state index contributed by atoms with van der Waals surface area (Å²) in [5.41, 5.74) is 4.27. The Morgan fingerprint density at radius 2 is 2.00 bits per heavy atom. The predicted molar refractivity (Wildman–Crippen MR) is 142 cm³/mol. The van der Waals surface area contributed by atoms with Crippen LogP contribution in [-0.2, 0) is 17.6 Å². The molecule has 0 aliphatic heterocycles. The highest BCUT2D eigenvalue weighted by Crippen LogP contribution is 2.35. The Hall–Kier alpha value is -2.46. The van der Waals surface area contributed by atoms with Crippen molar-refractivity contribution >= 4 is 68.4 Å². The van der Waals surface area contributed by atoms with Gasteiger partial charge in [0.2, 0.25) is 0 Å². The summed E-state index contributed by atoms with van der Waals surface area (Å²) in [6.45, 7) is 2.02. The summed E-state index contributed by atoms with van der Waals surface area (Å²) in [6, 6.07) is 11.1. The van der Waals surface area contributed by atoms with Gasteiger partial charge in [-0.2, -0.15) is 5.10 Å². The molecule has 4 aromatic rings. The number of thiophene rings is 2. The summed E-state index contributed by atoms with van der Waals surface area (Å²) >= 11 is 10.5. The highest BCUT2D eigenvalue weighted by atomic mass is 35.5. The lowest BCUT2D eigenvalue weighted by Crippen LogP contribution is -2.24. The number of nitrogens with one attached hydrogen (secondary N) is 1. The van der Waals surface area contributed by atoms with Gasteiger partial charge in [0, 0.05) is 19.7 Å². The summed E-state index contributed by atoms with van der Waals surface area (Å²) < 4.78 is 1.59. The maximum absolute atomic E-state index is 13.7. The van der Waals surface area contributed by atoms with Crippen LogP contribution >= 0.6 is 46.0 Å². The number of carbonyl (C=O) groups excluding carboxylic acids is 1. The number of rotatable bonds is 6. The Balaban J connectivity index is 1.45. The van der Waals surface area contributed by atoms with E-state index in [1.165, 1.54) is 21.5 Å². The van der Waals surface area contributed by atoms with Gasteiger partial charge in [0.25, 0.3) is 11.5 Å². The Bertz CT molecular complexity index is 1450. The molecule has 34 heavy (non-hydrogen) atoms. The van der Waals surface area contributed by atoms with Crippen molar-refractivity contribution in [2.45, 2.75) is 37.8 Å². The van der Waals surface area contributed by atoms with Crippen molar-refractivity contribution in [2.24, 2.45) is 5.10 Å². The van der Waals surface area contributed by atoms with Gasteiger partial charge < -0.3 is 0 Å². The molecule has 1 aromatic carbocycles. The fourth-order valence-electron chi connectivity index (χ4n) is 3.95. The number of nitrogens with zero attached hydrogens (tertiary/aromatic N) is 3. The lowest BCUT2D eigenvalue weighted by atomic mass is 9.97. The van der Waals surface area contributed by atoms with Crippen molar-refractivity contribution in [3.8, 4) is 5.69 Å². The predicted octanol–water partition coefficient (Wildman–Crippen LogP) is 5.59. The molecule has 1 N–H and O–H groups in total. The molecule has 174 valence electrons. The monoisotopic (exact) mass is 528 g/mol. The van der Waals surface area contributed by atoms with Crippen molar-refractivity contribution in [1.29, 1.82) is 0 Å². The number of thioether (sulfide) groups is 1. The topological polar surface area (TPSA) is 76.3 Å². The molecule has 1 amide bonds. The Morgan fingerprint density at radius 3 is 2.76 bits per heavy atom. The average Bonchev–Trinajstić information content (AvgIpc) is 3.41. The zero-order valence-electron chi connectivity index (χ0n) is 18.3. The Labute approximate surface area is 213 Å². The minimum atomic E-state index is -0.267. The van der Waals surface area contributed by atoms with E-state index in [2.05, 4.69) is 10.5 Å². The molecule has 0 saturated carbocycles. The van der Waals surface area contributed by atoms with Crippen LogP contribution in [0.1, 0.15) is 33.0 Å². The molecule has 0 radical (unpaired) electrons. The minimum Gasteiger partial charge on any atom is -0.272 e. The van der Waals surface area contributed by atoms with E-state index in [0.717, 1.165) is 41.0 Å². The van der Waals surface area contributed by atoms with Crippen LogP contribution in [0.25, 0.3) is 15.9 Å². The van der Waals surface area contributed by atoms with Gasteiger partial charge in [0.1, 0.15) is 4.83 Å². The zero-order chi connectivity index (χ0) is 23.7. The van der Waals surface area contributed by atoms with Crippen LogP contribution < -0.4 is 11.0 Å². The van der Waals surface area contributed by atoms with Crippen molar-refractivity contribution in [3.05, 3.63) is 72.0 Å². The van der Waals surface area contributed by atoms with Crippen LogP contribution in [0, 0.1) is 6.92 Å². The van der Waals surface area contributed by atoms with Gasteiger partial charge in [-0.15, -0.1) is 22.7 Å². The second-order valence-corrected chi connectivity index (χ2v) is 11.7. The lowest BCUT2D eigenvalue weighted by molar-refractivity contribution is -0.118. The second kappa shape index (κ2) is 10.0. The van der Waals surface area contributed by atoms with E-state index >= 15 is 0 Å². The average molecular weight is 529 g/mol. The molecule has 6 nitrogen and oxygen atoms in total. The van der Waals surface area contributed by atoms with E-state index in [1.807, 2.05) is 19.1 Å². The zero-order valence-corrected chi connectivity index (χ0v) is 21.5. The molecule has 5 rings (SSSR count). The van der Waals surface area contributed by atoms with Crippen molar-refractivity contribution < 1.29 is 4.79 Å². The largest absolute Gasteiger partial charge is 0.272 e. The molecule has 10 heteroatoms. The number of fused-ring (bicyclic) bond motifs is 3. The minimum absolute atomic E-state index is 0.0808. The van der Waals surface area contributed by atoms with Crippen molar-refractivity contribution in [2.75, 3.05) is 5.75 Å². The van der Waals surface area contributed by atoms with Gasteiger partial charge in [-0.25, -0.2) is 10.4 Å². The van der Waals surface area contributed by atoms with Crippen LogP contribution in [0.2, 0.25) is 5.02 Å². The standard InChI is InChI=1S/C24H21ClN4O2S3/c1-14-6-11-17(33-14)12-26-28-20(30)13-32-24-27-22-21(18-4-2-3-5-19(18)34-22)23(31)29(24)16-9-7-15(25)8-10-16/h6-12H,2-5,13H2,1H3,(H,28,30). The number of benzene rings is 1. The first kappa shape index (κ1) is 23.3. The van der Waals surface area contributed by atoms with Crippen LogP contribution in [0.5, 0.6) is 0 Å². The van der Waals surface area contributed by atoms with E-state index in [-0.39, 0.29) is 17.2 Å². The summed E-state index contributed by atoms with van der Waals surface area (Å²) in [5.74, 6) is -0.186. The normalized spacial score (nSPS) is 13.5. The fraction of sp³-hybridized carbons (Fsp3) is 0.250. The molecule has 0 spiro atoms. The maximum atomic E-state index is 13.7. The summed E-state index contributed by atoms with van der Waals surface area (Å²) in [7, 11) is 0. The molecule has 3 heterocycles. The lowest BCUT2D eigenvalue weighted by Gasteiger charge is -2.13. The highest BCUT2D eigenvalue weighted by molar-refractivity contribution is 7.99. The van der Waals surface area contributed by atoms with Gasteiger partial charge in [-0.3, -0.25) is 14.2 Å². The number of aryl methyl sites for hydroxylation is 3. The summed E-state index contributed by atoms with van der Waals surface area (Å²) in [5, 5.41) is 5.81. The summed E-state index contributed by atoms with van der Waals surface area (Å²) in [4.78, 5) is 35.1. The number of halogens is 1. The molecule has 1 aliphatic rings. The first-order valence-corrected chi connectivity index (χ1v) is 13.8. The molecule has 3 aromatic heterocycles. The van der Waals surface area contributed by atoms with Gasteiger partial charge >= 0.3 is 0 Å². The SMILES string of the molecule is Cc1ccc(C=NNC(=O)CSc2nc3sc4c(c3c(=O)n2-c2ccc(Cl)cc2)CCCC4)s1. The van der Waals surface area contributed by atoms with Crippen molar-refractivity contribution in [1.82, 2.24) is 15.0 Å². The number of aromatic nitrogens is 2. The second-order valence-electron chi connectivity index (χ2n) is 7.93. The molecule has 0 atom stereocenters. The molecule has 1 aliphatic carbocycles. The Morgan fingerprint density at radius 1 is 1.21 bits per heavy atom. The van der Waals surface area contributed by atoms with E-state index in [9.17, 15) is 9.59 Å². The number of hydrazone groups is 1. The van der Waals surface area contributed by atoms with Gasteiger partial charge in [0.15, 0.2) is 5.16 Å². The number of hydrogen-bond donors (Lipinski definition) is 1. The molecule has 0 fully saturated rings. The van der Waals surface area contributed by atoms with Crippen LogP contribution in [0.4, 0.5) is 0 Å². The molecular weight excluding hydrogens is 508 g/mol. The van der Waals surface area contributed by atoms with Gasteiger partial charge in [-0.1, -0.05) is 23.4 Å².